The van der Waals surface area contributed by atoms with Crippen LogP contribution in [0.15, 0.2) is 24.3 Å². The predicted molar refractivity (Wildman–Crippen MR) is 101 cm³/mol. The molecule has 138 valence electrons. The van der Waals surface area contributed by atoms with E-state index in [4.69, 9.17) is 4.74 Å². The van der Waals surface area contributed by atoms with Crippen molar-refractivity contribution in [3.05, 3.63) is 24.3 Å². The van der Waals surface area contributed by atoms with Crippen LogP contribution in [0.4, 0.5) is 5.69 Å². The number of rotatable bonds is 7. The Morgan fingerprint density at radius 1 is 1.32 bits per heavy atom. The third-order valence-corrected chi connectivity index (χ3v) is 5.30. The summed E-state index contributed by atoms with van der Waals surface area (Å²) >= 11 is 0. The first-order valence-corrected chi connectivity index (χ1v) is 9.56. The van der Waals surface area contributed by atoms with Gasteiger partial charge in [-0.25, -0.2) is 0 Å². The maximum atomic E-state index is 12.6. The number of fused-ring (bicyclic) bond motifs is 1. The third-order valence-electron chi connectivity index (χ3n) is 5.30. The number of amides is 1. The van der Waals surface area contributed by atoms with Crippen molar-refractivity contribution in [3.63, 3.8) is 0 Å². The highest BCUT2D eigenvalue weighted by Gasteiger charge is 2.38. The number of hydrogen-bond donors (Lipinski definition) is 2. The maximum absolute atomic E-state index is 12.6. The Morgan fingerprint density at radius 3 is 2.96 bits per heavy atom. The van der Waals surface area contributed by atoms with E-state index >= 15 is 0 Å². The van der Waals surface area contributed by atoms with Gasteiger partial charge in [0, 0.05) is 24.3 Å². The van der Waals surface area contributed by atoms with Crippen molar-refractivity contribution in [1.82, 2.24) is 10.2 Å². The molecule has 1 heterocycles. The molecule has 5 nitrogen and oxygen atoms in total. The molecule has 2 fully saturated rings. The Hall–Kier alpha value is -1.59. The first-order valence-electron chi connectivity index (χ1n) is 9.56. The van der Waals surface area contributed by atoms with Gasteiger partial charge in [-0.2, -0.15) is 0 Å². The molecule has 5 heteroatoms. The van der Waals surface area contributed by atoms with E-state index in [1.54, 1.807) is 0 Å². The van der Waals surface area contributed by atoms with Gasteiger partial charge < -0.3 is 20.3 Å². The van der Waals surface area contributed by atoms with Crippen LogP contribution in [0, 0.1) is 5.92 Å². The average Bonchev–Trinajstić information content (AvgIpc) is 3.03. The van der Waals surface area contributed by atoms with Crippen LogP contribution in [0.3, 0.4) is 0 Å². The van der Waals surface area contributed by atoms with Gasteiger partial charge in [0.15, 0.2) is 0 Å². The van der Waals surface area contributed by atoms with E-state index in [-0.39, 0.29) is 11.9 Å². The van der Waals surface area contributed by atoms with Crippen LogP contribution >= 0.6 is 0 Å². The zero-order valence-corrected chi connectivity index (χ0v) is 15.5. The zero-order chi connectivity index (χ0) is 17.6. The lowest BCUT2D eigenvalue weighted by atomic mass is 9.85. The van der Waals surface area contributed by atoms with Crippen LogP contribution in [-0.4, -0.2) is 50.1 Å². The lowest BCUT2D eigenvalue weighted by Crippen LogP contribution is -2.39. The van der Waals surface area contributed by atoms with Crippen molar-refractivity contribution in [2.75, 3.05) is 32.6 Å². The molecular formula is C20H31N3O2. The summed E-state index contributed by atoms with van der Waals surface area (Å²) in [6, 6.07) is 8.18. The molecule has 1 aliphatic heterocycles. The predicted octanol–water partition coefficient (Wildman–Crippen LogP) is 2.88. The average molecular weight is 345 g/mol. The summed E-state index contributed by atoms with van der Waals surface area (Å²) in [4.78, 5) is 14.7. The van der Waals surface area contributed by atoms with Crippen molar-refractivity contribution in [2.24, 2.45) is 5.92 Å². The van der Waals surface area contributed by atoms with E-state index in [9.17, 15) is 4.79 Å². The van der Waals surface area contributed by atoms with Gasteiger partial charge in [-0.1, -0.05) is 18.9 Å². The van der Waals surface area contributed by atoms with Gasteiger partial charge in [-0.3, -0.25) is 4.79 Å². The molecule has 2 aliphatic rings. The number of benzene rings is 1. The Balaban J connectivity index is 1.49. The summed E-state index contributed by atoms with van der Waals surface area (Å²) < 4.78 is 5.79. The number of carbonyl (C=O) groups is 1. The fraction of sp³-hybridized carbons (Fsp3) is 0.650. The number of hydrogen-bond acceptors (Lipinski definition) is 4. The van der Waals surface area contributed by atoms with Crippen molar-refractivity contribution >= 4 is 11.6 Å². The highest BCUT2D eigenvalue weighted by atomic mass is 16.5. The molecule has 2 N–H and O–H groups in total. The molecule has 0 radical (unpaired) electrons. The maximum Gasteiger partial charge on any atom is 0.241 e. The van der Waals surface area contributed by atoms with Crippen LogP contribution in [0.2, 0.25) is 0 Å². The van der Waals surface area contributed by atoms with Crippen LogP contribution < -0.4 is 15.4 Å². The molecule has 1 saturated heterocycles. The summed E-state index contributed by atoms with van der Waals surface area (Å²) in [6.07, 6.45) is 7.03. The second-order valence-corrected chi connectivity index (χ2v) is 7.63. The van der Waals surface area contributed by atoms with Gasteiger partial charge in [-0.15, -0.1) is 0 Å². The van der Waals surface area contributed by atoms with Crippen molar-refractivity contribution in [2.45, 2.75) is 50.6 Å². The van der Waals surface area contributed by atoms with E-state index in [2.05, 4.69) is 29.6 Å². The number of anilines is 1. The van der Waals surface area contributed by atoms with Gasteiger partial charge >= 0.3 is 0 Å². The van der Waals surface area contributed by atoms with Crippen molar-refractivity contribution in [1.29, 1.82) is 0 Å². The molecule has 3 atom stereocenters. The molecule has 1 aliphatic carbocycles. The largest absolute Gasteiger partial charge is 0.493 e. The van der Waals surface area contributed by atoms with Gasteiger partial charge in [-0.05, 0) is 57.8 Å². The molecule has 1 aromatic carbocycles. The number of nitrogens with zero attached hydrogens (tertiary/aromatic N) is 1. The lowest BCUT2D eigenvalue weighted by molar-refractivity contribution is -0.117. The first kappa shape index (κ1) is 18.2. The summed E-state index contributed by atoms with van der Waals surface area (Å²) in [5, 5.41) is 6.58. The van der Waals surface area contributed by atoms with Crippen LogP contribution in [0.5, 0.6) is 5.75 Å². The highest BCUT2D eigenvalue weighted by molar-refractivity contribution is 5.95. The minimum Gasteiger partial charge on any atom is -0.493 e. The molecule has 3 rings (SSSR count). The van der Waals surface area contributed by atoms with E-state index in [1.165, 1.54) is 25.7 Å². The quantitative estimate of drug-likeness (QED) is 0.746. The Labute approximate surface area is 151 Å². The third kappa shape index (κ3) is 5.19. The molecule has 0 bridgehead atoms. The molecule has 0 spiro atoms. The fourth-order valence-electron chi connectivity index (χ4n) is 3.98. The standard InChI is InChI=1S/C20H31N3O2/c1-23(2)11-6-12-25-17-9-5-8-16(14-17)21-20(24)19-13-15-7-3-4-10-18(15)22-19/h5,8-9,14-15,18-19,22H,3-4,6-7,10-13H2,1-2H3,(H,21,24). The molecule has 0 aromatic heterocycles. The first-order chi connectivity index (χ1) is 12.1. The topological polar surface area (TPSA) is 53.6 Å². The van der Waals surface area contributed by atoms with E-state index in [1.807, 2.05) is 24.3 Å². The minimum atomic E-state index is -0.0576. The van der Waals surface area contributed by atoms with Crippen LogP contribution in [0.25, 0.3) is 0 Å². The summed E-state index contributed by atoms with van der Waals surface area (Å²) in [5.74, 6) is 1.57. The smallest absolute Gasteiger partial charge is 0.241 e. The van der Waals surface area contributed by atoms with Crippen molar-refractivity contribution in [3.8, 4) is 5.75 Å². The Morgan fingerprint density at radius 2 is 2.16 bits per heavy atom. The monoisotopic (exact) mass is 345 g/mol. The zero-order valence-electron chi connectivity index (χ0n) is 15.5. The molecular weight excluding hydrogens is 314 g/mol. The number of carbonyl (C=O) groups excluding carboxylic acids is 1. The van der Waals surface area contributed by atoms with Gasteiger partial charge in [0.1, 0.15) is 5.75 Å². The summed E-state index contributed by atoms with van der Waals surface area (Å²) in [6.45, 7) is 1.69. The van der Waals surface area contributed by atoms with Gasteiger partial charge in [0.05, 0.1) is 12.6 Å². The number of nitrogens with one attached hydrogen (secondary N) is 2. The normalized spacial score (nSPS) is 25.6. The van der Waals surface area contributed by atoms with Crippen molar-refractivity contribution < 1.29 is 9.53 Å². The molecule has 25 heavy (non-hydrogen) atoms. The Kier molecular flexibility index (Phi) is 6.32. The Bertz CT molecular complexity index is 562. The molecule has 1 aromatic rings. The van der Waals surface area contributed by atoms with E-state index < -0.39 is 0 Å². The summed E-state index contributed by atoms with van der Waals surface area (Å²) in [5.41, 5.74) is 0.812. The SMILES string of the molecule is CN(C)CCCOc1cccc(NC(=O)C2CC3CCCCC3N2)c1. The van der Waals surface area contributed by atoms with E-state index in [0.29, 0.717) is 18.6 Å². The highest BCUT2D eigenvalue weighted by Crippen LogP contribution is 2.33. The lowest BCUT2D eigenvalue weighted by Gasteiger charge is -2.24. The minimum absolute atomic E-state index is 0.0576. The fourth-order valence-corrected chi connectivity index (χ4v) is 3.98. The summed E-state index contributed by atoms with van der Waals surface area (Å²) in [7, 11) is 4.12. The number of ether oxygens (including phenoxy) is 1. The molecule has 1 amide bonds. The van der Waals surface area contributed by atoms with Crippen LogP contribution in [-0.2, 0) is 4.79 Å². The van der Waals surface area contributed by atoms with Crippen LogP contribution in [0.1, 0.15) is 38.5 Å². The van der Waals surface area contributed by atoms with Gasteiger partial charge in [0.25, 0.3) is 0 Å². The molecule has 1 saturated carbocycles. The molecule has 3 unspecified atom stereocenters. The van der Waals surface area contributed by atoms with E-state index in [0.717, 1.165) is 30.8 Å². The van der Waals surface area contributed by atoms with Gasteiger partial charge in [0.2, 0.25) is 5.91 Å². The second kappa shape index (κ2) is 8.68. The second-order valence-electron chi connectivity index (χ2n) is 7.63.